The molecule has 0 saturated heterocycles. The summed E-state index contributed by atoms with van der Waals surface area (Å²) in [5.41, 5.74) is 1.48. The quantitative estimate of drug-likeness (QED) is 0.644. The molecule has 0 spiro atoms. The molecule has 0 aliphatic carbocycles. The van der Waals surface area contributed by atoms with Gasteiger partial charge in [0.1, 0.15) is 0 Å². The van der Waals surface area contributed by atoms with Gasteiger partial charge in [0.25, 0.3) is 0 Å². The maximum Gasteiger partial charge on any atom is 0.0716 e. The van der Waals surface area contributed by atoms with E-state index in [1.165, 1.54) is 24.8 Å². The third-order valence-electron chi connectivity index (χ3n) is 3.05. The van der Waals surface area contributed by atoms with E-state index in [1.807, 2.05) is 0 Å². The van der Waals surface area contributed by atoms with Crippen molar-refractivity contribution in [3.63, 3.8) is 0 Å². The van der Waals surface area contributed by atoms with Gasteiger partial charge in [-0.3, -0.25) is 0 Å². The molecule has 0 amide bonds. The average molecular weight is 342 g/mol. The molecule has 0 unspecified atom stereocenters. The Morgan fingerprint density at radius 1 is 1.00 bits per heavy atom. The Morgan fingerprint density at radius 3 is 2.30 bits per heavy atom. The lowest BCUT2D eigenvalue weighted by Gasteiger charge is -2.20. The van der Waals surface area contributed by atoms with Gasteiger partial charge in [-0.05, 0) is 57.9 Å². The maximum atomic E-state index is 5.69. The van der Waals surface area contributed by atoms with Crippen LogP contribution in [-0.2, 0) is 11.3 Å². The van der Waals surface area contributed by atoms with Gasteiger partial charge in [0, 0.05) is 16.6 Å². The van der Waals surface area contributed by atoms with E-state index in [4.69, 9.17) is 4.74 Å². The molecule has 1 rings (SSSR count). The zero-order chi connectivity index (χ0) is 14.8. The van der Waals surface area contributed by atoms with Crippen molar-refractivity contribution in [2.45, 2.75) is 58.6 Å². The Balaban J connectivity index is 1.91. The average Bonchev–Trinajstić information content (AvgIpc) is 2.37. The summed E-state index contributed by atoms with van der Waals surface area (Å²) in [6.45, 7) is 9.33. The van der Waals surface area contributed by atoms with Gasteiger partial charge in [-0.15, -0.1) is 0 Å². The van der Waals surface area contributed by atoms with Crippen molar-refractivity contribution >= 4 is 15.9 Å². The van der Waals surface area contributed by atoms with Crippen molar-refractivity contribution in [3.05, 3.63) is 34.3 Å². The second-order valence-corrected chi connectivity index (χ2v) is 7.19. The number of hydrogen-bond acceptors (Lipinski definition) is 2. The van der Waals surface area contributed by atoms with Crippen LogP contribution in [0.2, 0.25) is 0 Å². The summed E-state index contributed by atoms with van der Waals surface area (Å²) in [5.74, 6) is 0. The number of ether oxygens (including phenoxy) is 1. The number of halogens is 1. The molecule has 2 nitrogen and oxygen atoms in total. The molecule has 0 atom stereocenters. The predicted octanol–water partition coefficient (Wildman–Crippen LogP) is 4.91. The van der Waals surface area contributed by atoms with E-state index in [1.54, 1.807) is 0 Å². The summed E-state index contributed by atoms with van der Waals surface area (Å²) < 4.78 is 6.81. The number of hydrogen-bond donors (Lipinski definition) is 1. The van der Waals surface area contributed by atoms with Crippen LogP contribution in [0.25, 0.3) is 0 Å². The van der Waals surface area contributed by atoms with E-state index in [9.17, 15) is 0 Å². The van der Waals surface area contributed by atoms with Gasteiger partial charge in [0.05, 0.1) is 6.61 Å². The first-order valence-corrected chi connectivity index (χ1v) is 8.34. The summed E-state index contributed by atoms with van der Waals surface area (Å²) in [6.07, 6.45) is 4.95. The van der Waals surface area contributed by atoms with Gasteiger partial charge in [-0.1, -0.05) is 40.9 Å². The first-order chi connectivity index (χ1) is 9.47. The van der Waals surface area contributed by atoms with Gasteiger partial charge in [0.15, 0.2) is 0 Å². The van der Waals surface area contributed by atoms with Crippen LogP contribution in [0.1, 0.15) is 52.0 Å². The zero-order valence-electron chi connectivity index (χ0n) is 13.0. The molecule has 0 aromatic heterocycles. The van der Waals surface area contributed by atoms with E-state index in [0.29, 0.717) is 0 Å². The second kappa shape index (κ2) is 9.54. The molecule has 1 N–H and O–H groups in total. The Bertz CT molecular complexity index is 356. The lowest BCUT2D eigenvalue weighted by Crippen LogP contribution is -2.36. The van der Waals surface area contributed by atoms with Crippen LogP contribution in [0.5, 0.6) is 0 Å². The summed E-state index contributed by atoms with van der Waals surface area (Å²) in [7, 11) is 0. The van der Waals surface area contributed by atoms with Gasteiger partial charge in [0.2, 0.25) is 0 Å². The van der Waals surface area contributed by atoms with Crippen LogP contribution in [0.4, 0.5) is 0 Å². The Morgan fingerprint density at radius 2 is 1.65 bits per heavy atom. The minimum absolute atomic E-state index is 0.244. The molecule has 0 saturated carbocycles. The van der Waals surface area contributed by atoms with E-state index in [0.717, 1.165) is 30.7 Å². The fourth-order valence-electron chi connectivity index (χ4n) is 1.92. The molecule has 114 valence electrons. The highest BCUT2D eigenvalue weighted by atomic mass is 79.9. The normalized spacial score (nSPS) is 11.8. The summed E-state index contributed by atoms with van der Waals surface area (Å²) in [5, 5.41) is 3.51. The minimum Gasteiger partial charge on any atom is -0.377 e. The van der Waals surface area contributed by atoms with E-state index in [-0.39, 0.29) is 5.54 Å². The van der Waals surface area contributed by atoms with Gasteiger partial charge < -0.3 is 10.1 Å². The molecule has 3 heteroatoms. The van der Waals surface area contributed by atoms with Crippen molar-refractivity contribution in [1.29, 1.82) is 0 Å². The predicted molar refractivity (Wildman–Crippen MR) is 90.0 cm³/mol. The van der Waals surface area contributed by atoms with Crippen LogP contribution in [0.15, 0.2) is 28.7 Å². The third-order valence-corrected chi connectivity index (χ3v) is 3.58. The SMILES string of the molecule is CC(C)(C)NCCCCCCOCc1ccc(Br)cc1. The Hall–Kier alpha value is -0.380. The first kappa shape index (κ1) is 17.7. The number of benzene rings is 1. The Kier molecular flexibility index (Phi) is 8.43. The van der Waals surface area contributed by atoms with Crippen LogP contribution in [-0.4, -0.2) is 18.7 Å². The van der Waals surface area contributed by atoms with Gasteiger partial charge >= 0.3 is 0 Å². The second-order valence-electron chi connectivity index (χ2n) is 6.27. The van der Waals surface area contributed by atoms with Crippen molar-refractivity contribution in [1.82, 2.24) is 5.32 Å². The van der Waals surface area contributed by atoms with E-state index >= 15 is 0 Å². The zero-order valence-corrected chi connectivity index (χ0v) is 14.6. The van der Waals surface area contributed by atoms with Gasteiger partial charge in [-0.2, -0.15) is 0 Å². The molecule has 0 fully saturated rings. The lowest BCUT2D eigenvalue weighted by molar-refractivity contribution is 0.116. The van der Waals surface area contributed by atoms with Crippen LogP contribution < -0.4 is 5.32 Å². The molecule has 0 bridgehead atoms. The van der Waals surface area contributed by atoms with Crippen molar-refractivity contribution < 1.29 is 4.74 Å². The highest BCUT2D eigenvalue weighted by Crippen LogP contribution is 2.11. The van der Waals surface area contributed by atoms with Crippen LogP contribution in [0, 0.1) is 0 Å². The van der Waals surface area contributed by atoms with E-state index < -0.39 is 0 Å². The smallest absolute Gasteiger partial charge is 0.0716 e. The van der Waals surface area contributed by atoms with E-state index in [2.05, 4.69) is 66.3 Å². The molecular formula is C17H28BrNO. The molecule has 20 heavy (non-hydrogen) atoms. The van der Waals surface area contributed by atoms with Crippen LogP contribution in [0.3, 0.4) is 0 Å². The Labute approximate surface area is 132 Å². The highest BCUT2D eigenvalue weighted by molar-refractivity contribution is 9.10. The molecule has 0 aliphatic heterocycles. The fourth-order valence-corrected chi connectivity index (χ4v) is 2.18. The monoisotopic (exact) mass is 341 g/mol. The largest absolute Gasteiger partial charge is 0.377 e. The van der Waals surface area contributed by atoms with Crippen molar-refractivity contribution in [3.8, 4) is 0 Å². The fraction of sp³-hybridized carbons (Fsp3) is 0.647. The molecule has 0 radical (unpaired) electrons. The van der Waals surface area contributed by atoms with Crippen molar-refractivity contribution in [2.24, 2.45) is 0 Å². The lowest BCUT2D eigenvalue weighted by atomic mass is 10.1. The third kappa shape index (κ3) is 9.51. The van der Waals surface area contributed by atoms with Gasteiger partial charge in [-0.25, -0.2) is 0 Å². The maximum absolute atomic E-state index is 5.69. The first-order valence-electron chi connectivity index (χ1n) is 7.54. The van der Waals surface area contributed by atoms with Crippen LogP contribution >= 0.6 is 15.9 Å². The highest BCUT2D eigenvalue weighted by Gasteiger charge is 2.06. The number of nitrogens with one attached hydrogen (secondary N) is 1. The standard InChI is InChI=1S/C17H28BrNO/c1-17(2,3)19-12-6-4-5-7-13-20-14-15-8-10-16(18)11-9-15/h8-11,19H,4-7,12-14H2,1-3H3. The topological polar surface area (TPSA) is 21.3 Å². The summed E-state index contributed by atoms with van der Waals surface area (Å²) in [4.78, 5) is 0. The molecule has 0 aliphatic rings. The summed E-state index contributed by atoms with van der Waals surface area (Å²) >= 11 is 3.43. The number of rotatable bonds is 9. The molecule has 1 aromatic carbocycles. The minimum atomic E-state index is 0.244. The number of unbranched alkanes of at least 4 members (excludes halogenated alkanes) is 3. The molecular weight excluding hydrogens is 314 g/mol. The van der Waals surface area contributed by atoms with Crippen molar-refractivity contribution in [2.75, 3.05) is 13.2 Å². The molecule has 1 aromatic rings. The summed E-state index contributed by atoms with van der Waals surface area (Å²) in [6, 6.07) is 8.31. The molecule has 0 heterocycles.